The van der Waals surface area contributed by atoms with Crippen molar-refractivity contribution >= 4 is 5.91 Å². The van der Waals surface area contributed by atoms with Gasteiger partial charge in [0.1, 0.15) is 0 Å². The highest BCUT2D eigenvalue weighted by atomic mass is 16.5. The summed E-state index contributed by atoms with van der Waals surface area (Å²) in [7, 11) is 0. The maximum absolute atomic E-state index is 12.8. The van der Waals surface area contributed by atoms with E-state index in [2.05, 4.69) is 15.1 Å². The average Bonchev–Trinajstić information content (AvgIpc) is 2.90. The van der Waals surface area contributed by atoms with E-state index in [-0.39, 0.29) is 18.1 Å². The summed E-state index contributed by atoms with van der Waals surface area (Å²) in [6, 6.07) is 0.471. The van der Waals surface area contributed by atoms with Gasteiger partial charge in [0.05, 0.1) is 31.1 Å². The van der Waals surface area contributed by atoms with E-state index < -0.39 is 0 Å². The normalized spacial score (nSPS) is 29.2. The standard InChI is InChI=1S/C16H24N4O3/c1-10-7-13-14(11(2)23-10)17-18-15(13)16(21)20-8-12(9-20)19-3-5-22-6-4-19/h10-12H,3-9H2,1-2H3,(H,17,18)/t10-,11+/m1/s1. The molecule has 23 heavy (non-hydrogen) atoms. The molecular weight excluding hydrogens is 296 g/mol. The van der Waals surface area contributed by atoms with Gasteiger partial charge in [0.25, 0.3) is 5.91 Å². The molecule has 0 unspecified atom stereocenters. The zero-order valence-electron chi connectivity index (χ0n) is 13.7. The summed E-state index contributed by atoms with van der Waals surface area (Å²) >= 11 is 0. The van der Waals surface area contributed by atoms with E-state index in [0.717, 1.165) is 57.1 Å². The fourth-order valence-corrected chi connectivity index (χ4v) is 3.79. The molecule has 2 atom stereocenters. The number of carbonyl (C=O) groups is 1. The number of rotatable bonds is 2. The van der Waals surface area contributed by atoms with Gasteiger partial charge in [-0.05, 0) is 13.8 Å². The molecule has 3 aliphatic heterocycles. The highest BCUT2D eigenvalue weighted by molar-refractivity contribution is 5.94. The minimum absolute atomic E-state index is 0.0275. The summed E-state index contributed by atoms with van der Waals surface area (Å²) in [5.41, 5.74) is 2.58. The van der Waals surface area contributed by atoms with Gasteiger partial charge in [-0.15, -0.1) is 0 Å². The van der Waals surface area contributed by atoms with E-state index in [1.54, 1.807) is 0 Å². The molecule has 1 aromatic rings. The highest BCUT2D eigenvalue weighted by Gasteiger charge is 2.38. The Bertz CT molecular complexity index is 590. The molecule has 3 aliphatic rings. The quantitative estimate of drug-likeness (QED) is 0.863. The lowest BCUT2D eigenvalue weighted by Gasteiger charge is -2.46. The molecule has 2 saturated heterocycles. The second kappa shape index (κ2) is 5.89. The van der Waals surface area contributed by atoms with Gasteiger partial charge in [0.2, 0.25) is 0 Å². The molecule has 0 spiro atoms. The lowest BCUT2D eigenvalue weighted by atomic mass is 9.98. The van der Waals surface area contributed by atoms with Crippen LogP contribution in [0, 0.1) is 0 Å². The van der Waals surface area contributed by atoms with Crippen molar-refractivity contribution in [2.24, 2.45) is 0 Å². The molecule has 1 N–H and O–H groups in total. The van der Waals surface area contributed by atoms with Crippen molar-refractivity contribution in [1.82, 2.24) is 20.0 Å². The molecular formula is C16H24N4O3. The Morgan fingerprint density at radius 1 is 1.26 bits per heavy atom. The largest absolute Gasteiger partial charge is 0.379 e. The van der Waals surface area contributed by atoms with E-state index >= 15 is 0 Å². The van der Waals surface area contributed by atoms with Gasteiger partial charge >= 0.3 is 0 Å². The Morgan fingerprint density at radius 3 is 2.74 bits per heavy atom. The monoisotopic (exact) mass is 320 g/mol. The first-order chi connectivity index (χ1) is 11.1. The van der Waals surface area contributed by atoms with E-state index in [1.165, 1.54) is 0 Å². The topological polar surface area (TPSA) is 70.7 Å². The third kappa shape index (κ3) is 2.66. The number of H-pyrrole nitrogens is 1. The molecule has 126 valence electrons. The van der Waals surface area contributed by atoms with E-state index in [0.29, 0.717) is 11.7 Å². The summed E-state index contributed by atoms with van der Waals surface area (Å²) in [6.07, 6.45) is 0.845. The van der Waals surface area contributed by atoms with Crippen LogP contribution in [0.25, 0.3) is 0 Å². The zero-order valence-corrected chi connectivity index (χ0v) is 13.7. The first-order valence-corrected chi connectivity index (χ1v) is 8.47. The number of carbonyl (C=O) groups excluding carboxylic acids is 1. The Morgan fingerprint density at radius 2 is 2.00 bits per heavy atom. The Balaban J connectivity index is 1.43. The van der Waals surface area contributed by atoms with Crippen molar-refractivity contribution in [1.29, 1.82) is 0 Å². The fourth-order valence-electron chi connectivity index (χ4n) is 3.79. The van der Waals surface area contributed by atoms with Gasteiger partial charge < -0.3 is 14.4 Å². The molecule has 0 radical (unpaired) electrons. The van der Waals surface area contributed by atoms with Crippen LogP contribution in [0.15, 0.2) is 0 Å². The van der Waals surface area contributed by atoms with Crippen molar-refractivity contribution < 1.29 is 14.3 Å². The molecule has 4 rings (SSSR count). The predicted octanol–water partition coefficient (Wildman–Crippen LogP) is 0.588. The van der Waals surface area contributed by atoms with Gasteiger partial charge in [-0.25, -0.2) is 0 Å². The SMILES string of the molecule is C[C@@H]1Cc2c(C(=O)N3CC(N4CCOCC4)C3)n[nH]c2[C@H](C)O1. The number of nitrogens with one attached hydrogen (secondary N) is 1. The van der Waals surface area contributed by atoms with Crippen LogP contribution < -0.4 is 0 Å². The maximum Gasteiger partial charge on any atom is 0.274 e. The minimum atomic E-state index is -0.0275. The van der Waals surface area contributed by atoms with Crippen molar-refractivity contribution in [3.05, 3.63) is 17.0 Å². The molecule has 0 aliphatic carbocycles. The number of hydrogen-bond donors (Lipinski definition) is 1. The Kier molecular flexibility index (Phi) is 3.87. The van der Waals surface area contributed by atoms with Crippen LogP contribution in [0.3, 0.4) is 0 Å². The number of hydrogen-bond acceptors (Lipinski definition) is 5. The number of likely N-dealkylation sites (tertiary alicyclic amines) is 1. The number of ether oxygens (including phenoxy) is 2. The van der Waals surface area contributed by atoms with Crippen LogP contribution in [0.1, 0.15) is 41.7 Å². The average molecular weight is 320 g/mol. The Labute approximate surface area is 135 Å². The van der Waals surface area contributed by atoms with Crippen molar-refractivity contribution in [2.75, 3.05) is 39.4 Å². The molecule has 0 saturated carbocycles. The van der Waals surface area contributed by atoms with Crippen molar-refractivity contribution in [2.45, 2.75) is 38.5 Å². The minimum Gasteiger partial charge on any atom is -0.379 e. The number of aromatic nitrogens is 2. The smallest absolute Gasteiger partial charge is 0.274 e. The first kappa shape index (κ1) is 15.1. The molecule has 0 aromatic carbocycles. The third-order valence-corrected chi connectivity index (χ3v) is 5.15. The van der Waals surface area contributed by atoms with E-state index in [1.807, 2.05) is 18.7 Å². The predicted molar refractivity (Wildman–Crippen MR) is 83.3 cm³/mol. The third-order valence-electron chi connectivity index (χ3n) is 5.15. The highest BCUT2D eigenvalue weighted by Crippen LogP contribution is 2.31. The molecule has 7 heteroatoms. The van der Waals surface area contributed by atoms with Gasteiger partial charge in [0, 0.05) is 44.2 Å². The van der Waals surface area contributed by atoms with Gasteiger partial charge in [0.15, 0.2) is 5.69 Å². The van der Waals surface area contributed by atoms with Crippen LogP contribution in [-0.4, -0.2) is 77.4 Å². The van der Waals surface area contributed by atoms with Crippen LogP contribution in [0.5, 0.6) is 0 Å². The van der Waals surface area contributed by atoms with Crippen LogP contribution in [0.2, 0.25) is 0 Å². The van der Waals surface area contributed by atoms with Crippen LogP contribution in [-0.2, 0) is 15.9 Å². The second-order valence-corrected chi connectivity index (χ2v) is 6.77. The molecule has 1 amide bonds. The Hall–Kier alpha value is -1.44. The maximum atomic E-state index is 12.8. The van der Waals surface area contributed by atoms with Gasteiger partial charge in [-0.1, -0.05) is 0 Å². The summed E-state index contributed by atoms with van der Waals surface area (Å²) in [5, 5.41) is 7.30. The summed E-state index contributed by atoms with van der Waals surface area (Å²) in [5.74, 6) is 0.0494. The molecule has 0 bridgehead atoms. The number of fused-ring (bicyclic) bond motifs is 1. The molecule has 4 heterocycles. The molecule has 1 aromatic heterocycles. The van der Waals surface area contributed by atoms with Gasteiger partial charge in [-0.2, -0.15) is 5.10 Å². The summed E-state index contributed by atoms with van der Waals surface area (Å²) in [4.78, 5) is 17.1. The van der Waals surface area contributed by atoms with Crippen LogP contribution >= 0.6 is 0 Å². The number of amides is 1. The lowest BCUT2D eigenvalue weighted by Crippen LogP contribution is -2.62. The number of nitrogens with zero attached hydrogens (tertiary/aromatic N) is 3. The molecule has 7 nitrogen and oxygen atoms in total. The number of aromatic amines is 1. The lowest BCUT2D eigenvalue weighted by molar-refractivity contribution is -0.0259. The van der Waals surface area contributed by atoms with Crippen molar-refractivity contribution in [3.63, 3.8) is 0 Å². The summed E-state index contributed by atoms with van der Waals surface area (Å²) < 4.78 is 11.2. The van der Waals surface area contributed by atoms with Gasteiger partial charge in [-0.3, -0.25) is 14.8 Å². The summed E-state index contributed by atoms with van der Waals surface area (Å²) in [6.45, 7) is 9.16. The van der Waals surface area contributed by atoms with Crippen LogP contribution in [0.4, 0.5) is 0 Å². The second-order valence-electron chi connectivity index (χ2n) is 6.77. The van der Waals surface area contributed by atoms with E-state index in [9.17, 15) is 4.79 Å². The van der Waals surface area contributed by atoms with Crippen molar-refractivity contribution in [3.8, 4) is 0 Å². The zero-order chi connectivity index (χ0) is 16.0. The molecule has 2 fully saturated rings. The first-order valence-electron chi connectivity index (χ1n) is 8.47. The fraction of sp³-hybridized carbons (Fsp3) is 0.750. The van der Waals surface area contributed by atoms with E-state index in [4.69, 9.17) is 9.47 Å². The number of morpholine rings is 1.